The lowest BCUT2D eigenvalue weighted by Crippen LogP contribution is -2.30. The van der Waals surface area contributed by atoms with E-state index in [-0.39, 0.29) is 17.8 Å². The molecule has 1 amide bonds. The van der Waals surface area contributed by atoms with E-state index in [2.05, 4.69) is 5.32 Å². The van der Waals surface area contributed by atoms with E-state index >= 15 is 0 Å². The molecule has 1 aliphatic heterocycles. The van der Waals surface area contributed by atoms with Gasteiger partial charge in [0, 0.05) is 19.4 Å². The van der Waals surface area contributed by atoms with Gasteiger partial charge in [-0.1, -0.05) is 18.2 Å². The highest BCUT2D eigenvalue weighted by Gasteiger charge is 2.17. The van der Waals surface area contributed by atoms with Gasteiger partial charge in [0.05, 0.1) is 12.7 Å². The van der Waals surface area contributed by atoms with Crippen LogP contribution in [0.3, 0.4) is 0 Å². The lowest BCUT2D eigenvalue weighted by Gasteiger charge is -2.15. The van der Waals surface area contributed by atoms with Gasteiger partial charge in [-0.25, -0.2) is 0 Å². The Bertz CT molecular complexity index is 378. The molecule has 1 unspecified atom stereocenters. The topological polar surface area (TPSA) is 58.6 Å². The third-order valence-corrected chi connectivity index (χ3v) is 2.65. The Kier molecular flexibility index (Phi) is 3.41. The molecular formula is C12H15NO3. The Labute approximate surface area is 94.2 Å². The highest BCUT2D eigenvalue weighted by atomic mass is 16.5. The normalized spacial score (nSPS) is 21.2. The van der Waals surface area contributed by atoms with Crippen LogP contribution < -0.4 is 5.32 Å². The minimum absolute atomic E-state index is 0.0276. The van der Waals surface area contributed by atoms with E-state index in [0.717, 1.165) is 5.56 Å². The minimum atomic E-state index is -0.0558. The smallest absolute Gasteiger partial charge is 0.222 e. The number of phenolic OH excluding ortho intramolecular Hbond substituents is 1. The Hall–Kier alpha value is -1.55. The molecule has 2 N–H and O–H groups in total. The number of nitrogens with one attached hydrogen (secondary N) is 1. The van der Waals surface area contributed by atoms with Gasteiger partial charge in [-0.05, 0) is 11.6 Å². The summed E-state index contributed by atoms with van der Waals surface area (Å²) in [6.07, 6.45) is 0.976. The molecular weight excluding hydrogens is 206 g/mol. The van der Waals surface area contributed by atoms with Crippen molar-refractivity contribution in [3.8, 4) is 5.75 Å². The van der Waals surface area contributed by atoms with Crippen LogP contribution in [0.4, 0.5) is 0 Å². The summed E-state index contributed by atoms with van der Waals surface area (Å²) in [5, 5.41) is 12.4. The van der Waals surface area contributed by atoms with Gasteiger partial charge in [-0.15, -0.1) is 0 Å². The van der Waals surface area contributed by atoms with E-state index in [1.54, 1.807) is 12.1 Å². The van der Waals surface area contributed by atoms with Crippen molar-refractivity contribution < 1.29 is 14.6 Å². The van der Waals surface area contributed by atoms with Crippen LogP contribution in [-0.2, 0) is 16.0 Å². The molecule has 16 heavy (non-hydrogen) atoms. The van der Waals surface area contributed by atoms with E-state index in [1.165, 1.54) is 0 Å². The van der Waals surface area contributed by atoms with E-state index in [1.807, 2.05) is 12.1 Å². The largest absolute Gasteiger partial charge is 0.508 e. The lowest BCUT2D eigenvalue weighted by molar-refractivity contribution is -0.120. The molecule has 1 aromatic carbocycles. The summed E-state index contributed by atoms with van der Waals surface area (Å²) in [6.45, 7) is 0.956. The van der Waals surface area contributed by atoms with E-state index in [0.29, 0.717) is 26.0 Å². The summed E-state index contributed by atoms with van der Waals surface area (Å²) in [6, 6.07) is 7.19. The van der Waals surface area contributed by atoms with Crippen LogP contribution in [0.25, 0.3) is 0 Å². The summed E-state index contributed by atoms with van der Waals surface area (Å²) in [4.78, 5) is 11.1. The number of para-hydroxylation sites is 1. The standard InChI is InChI=1S/C12H15NO3/c14-11-4-2-1-3-9(11)7-10-8-13-12(15)5-6-16-10/h1-4,10,14H,5-8H2,(H,13,15). The fourth-order valence-corrected chi connectivity index (χ4v) is 1.75. The number of amides is 1. The highest BCUT2D eigenvalue weighted by molar-refractivity contribution is 5.76. The molecule has 0 saturated carbocycles. The molecule has 4 heteroatoms. The lowest BCUT2D eigenvalue weighted by atomic mass is 10.1. The van der Waals surface area contributed by atoms with Crippen molar-refractivity contribution >= 4 is 5.91 Å². The monoisotopic (exact) mass is 221 g/mol. The van der Waals surface area contributed by atoms with Crippen LogP contribution in [0.15, 0.2) is 24.3 Å². The molecule has 86 valence electrons. The van der Waals surface area contributed by atoms with Crippen LogP contribution in [0, 0.1) is 0 Å². The maximum atomic E-state index is 11.1. The van der Waals surface area contributed by atoms with Crippen LogP contribution in [0.5, 0.6) is 5.75 Å². The third kappa shape index (κ3) is 2.73. The van der Waals surface area contributed by atoms with E-state index in [4.69, 9.17) is 4.74 Å². The highest BCUT2D eigenvalue weighted by Crippen LogP contribution is 2.18. The first-order valence-electron chi connectivity index (χ1n) is 5.41. The number of carbonyl (C=O) groups is 1. The fraction of sp³-hybridized carbons (Fsp3) is 0.417. The molecule has 1 heterocycles. The second-order valence-electron chi connectivity index (χ2n) is 3.88. The second kappa shape index (κ2) is 4.99. The summed E-state index contributed by atoms with van der Waals surface area (Å²) in [5.74, 6) is 0.307. The van der Waals surface area contributed by atoms with Gasteiger partial charge in [0.15, 0.2) is 0 Å². The average Bonchev–Trinajstić information content (AvgIpc) is 2.47. The molecule has 1 saturated heterocycles. The van der Waals surface area contributed by atoms with Crippen LogP contribution in [0.2, 0.25) is 0 Å². The van der Waals surface area contributed by atoms with Crippen molar-refractivity contribution in [3.63, 3.8) is 0 Å². The second-order valence-corrected chi connectivity index (χ2v) is 3.88. The number of rotatable bonds is 2. The Morgan fingerprint density at radius 1 is 1.44 bits per heavy atom. The predicted octanol–water partition coefficient (Wildman–Crippen LogP) is 0.840. The van der Waals surface area contributed by atoms with E-state index < -0.39 is 0 Å². The average molecular weight is 221 g/mol. The fourth-order valence-electron chi connectivity index (χ4n) is 1.75. The number of ether oxygens (including phenoxy) is 1. The number of carbonyl (C=O) groups excluding carboxylic acids is 1. The number of hydrogen-bond acceptors (Lipinski definition) is 3. The Morgan fingerprint density at radius 2 is 2.25 bits per heavy atom. The van der Waals surface area contributed by atoms with Gasteiger partial charge in [0.25, 0.3) is 0 Å². The maximum Gasteiger partial charge on any atom is 0.222 e. The molecule has 1 aromatic rings. The van der Waals surface area contributed by atoms with Gasteiger partial charge in [-0.3, -0.25) is 4.79 Å². The summed E-state index contributed by atoms with van der Waals surface area (Å²) in [7, 11) is 0. The molecule has 0 spiro atoms. The molecule has 0 aliphatic carbocycles. The first kappa shape index (κ1) is 11.0. The van der Waals surface area contributed by atoms with Crippen molar-refractivity contribution in [1.29, 1.82) is 0 Å². The van der Waals surface area contributed by atoms with Gasteiger partial charge < -0.3 is 15.2 Å². The molecule has 1 aliphatic rings. The van der Waals surface area contributed by atoms with Crippen LogP contribution in [0.1, 0.15) is 12.0 Å². The molecule has 0 radical (unpaired) electrons. The van der Waals surface area contributed by atoms with Crippen molar-refractivity contribution in [3.05, 3.63) is 29.8 Å². The van der Waals surface area contributed by atoms with Crippen LogP contribution >= 0.6 is 0 Å². The minimum Gasteiger partial charge on any atom is -0.508 e. The van der Waals surface area contributed by atoms with Gasteiger partial charge >= 0.3 is 0 Å². The molecule has 2 rings (SSSR count). The summed E-state index contributed by atoms with van der Waals surface area (Å²) in [5.41, 5.74) is 0.851. The summed E-state index contributed by atoms with van der Waals surface area (Å²) >= 11 is 0. The van der Waals surface area contributed by atoms with Crippen molar-refractivity contribution in [2.45, 2.75) is 18.9 Å². The van der Waals surface area contributed by atoms with Gasteiger partial charge in [0.1, 0.15) is 5.75 Å². The van der Waals surface area contributed by atoms with Crippen molar-refractivity contribution in [2.75, 3.05) is 13.2 Å². The van der Waals surface area contributed by atoms with Crippen LogP contribution in [-0.4, -0.2) is 30.3 Å². The zero-order valence-electron chi connectivity index (χ0n) is 8.98. The van der Waals surface area contributed by atoms with Crippen molar-refractivity contribution in [1.82, 2.24) is 5.32 Å². The Morgan fingerprint density at radius 3 is 3.06 bits per heavy atom. The van der Waals surface area contributed by atoms with Gasteiger partial charge in [0.2, 0.25) is 5.91 Å². The summed E-state index contributed by atoms with van der Waals surface area (Å²) < 4.78 is 5.54. The number of hydrogen-bond donors (Lipinski definition) is 2. The molecule has 1 atom stereocenters. The van der Waals surface area contributed by atoms with Crippen molar-refractivity contribution in [2.24, 2.45) is 0 Å². The van der Waals surface area contributed by atoms with Gasteiger partial charge in [-0.2, -0.15) is 0 Å². The molecule has 0 aromatic heterocycles. The SMILES string of the molecule is O=C1CCOC(Cc2ccccc2O)CN1. The molecule has 0 bridgehead atoms. The zero-order valence-corrected chi connectivity index (χ0v) is 8.98. The number of aromatic hydroxyl groups is 1. The van der Waals surface area contributed by atoms with E-state index in [9.17, 15) is 9.90 Å². The predicted molar refractivity (Wildman–Crippen MR) is 59.2 cm³/mol. The maximum absolute atomic E-state index is 11.1. The third-order valence-electron chi connectivity index (χ3n) is 2.65. The number of phenols is 1. The quantitative estimate of drug-likeness (QED) is 0.778. The first-order chi connectivity index (χ1) is 7.75. The number of benzene rings is 1. The molecule has 4 nitrogen and oxygen atoms in total. The zero-order chi connectivity index (χ0) is 11.4. The Balaban J connectivity index is 1.99. The molecule has 1 fully saturated rings. The first-order valence-corrected chi connectivity index (χ1v) is 5.41.